The van der Waals surface area contributed by atoms with Crippen LogP contribution in [0.15, 0.2) is 22.7 Å². The number of nitriles is 1. The quantitative estimate of drug-likeness (QED) is 0.866. The fraction of sp³-hybridized carbons (Fsp3) is 0.500. The molecule has 0 bridgehead atoms. The van der Waals surface area contributed by atoms with Crippen LogP contribution in [0.25, 0.3) is 0 Å². The summed E-state index contributed by atoms with van der Waals surface area (Å²) in [4.78, 5) is 4.43. The highest BCUT2D eigenvalue weighted by molar-refractivity contribution is 5.33. The Bertz CT molecular complexity index is 742. The normalized spacial score (nSPS) is 17.2. The highest BCUT2D eigenvalue weighted by Gasteiger charge is 2.37. The topological polar surface area (TPSA) is 74.7 Å². The van der Waals surface area contributed by atoms with E-state index in [4.69, 9.17) is 9.78 Å². The van der Waals surface area contributed by atoms with Crippen molar-refractivity contribution in [2.24, 2.45) is 0 Å². The molecule has 1 aromatic carbocycles. The van der Waals surface area contributed by atoms with E-state index in [1.807, 2.05) is 0 Å². The van der Waals surface area contributed by atoms with Gasteiger partial charge in [-0.1, -0.05) is 30.8 Å². The van der Waals surface area contributed by atoms with Crippen molar-refractivity contribution < 1.29 is 8.91 Å². The van der Waals surface area contributed by atoms with Crippen LogP contribution < -0.4 is 5.32 Å². The molecule has 3 rings (SSSR count). The lowest BCUT2D eigenvalue weighted by Crippen LogP contribution is -2.42. The lowest BCUT2D eigenvalue weighted by atomic mass is 9.88. The summed E-state index contributed by atoms with van der Waals surface area (Å²) in [5.41, 5.74) is 0.542. The van der Waals surface area contributed by atoms with Gasteiger partial charge in [0.15, 0.2) is 5.82 Å². The van der Waals surface area contributed by atoms with Crippen molar-refractivity contribution in [2.75, 3.05) is 0 Å². The third-order valence-corrected chi connectivity index (χ3v) is 4.70. The molecule has 0 atom stereocenters. The van der Waals surface area contributed by atoms with E-state index in [1.54, 1.807) is 13.0 Å². The van der Waals surface area contributed by atoms with E-state index in [0.29, 0.717) is 29.4 Å². The molecule has 5 nitrogen and oxygen atoms in total. The van der Waals surface area contributed by atoms with E-state index in [0.717, 1.165) is 25.7 Å². The summed E-state index contributed by atoms with van der Waals surface area (Å²) < 4.78 is 19.3. The number of halogens is 1. The summed E-state index contributed by atoms with van der Waals surface area (Å²) in [7, 11) is 0. The van der Waals surface area contributed by atoms with Gasteiger partial charge < -0.3 is 9.84 Å². The van der Waals surface area contributed by atoms with E-state index < -0.39 is 5.54 Å². The van der Waals surface area contributed by atoms with Crippen LogP contribution in [0.3, 0.4) is 0 Å². The molecule has 1 aromatic heterocycles. The number of nitrogens with one attached hydrogen (secondary N) is 1. The molecule has 24 heavy (non-hydrogen) atoms. The lowest BCUT2D eigenvalue weighted by molar-refractivity contribution is 0.257. The number of benzene rings is 1. The second-order valence-corrected chi connectivity index (χ2v) is 6.40. The van der Waals surface area contributed by atoms with Crippen LogP contribution in [-0.2, 0) is 12.1 Å². The second kappa shape index (κ2) is 7.10. The zero-order valence-corrected chi connectivity index (χ0v) is 13.8. The molecule has 0 amide bonds. The predicted molar refractivity (Wildman–Crippen MR) is 86.4 cm³/mol. The summed E-state index contributed by atoms with van der Waals surface area (Å²) in [6.45, 7) is 2.10. The Morgan fingerprint density at radius 3 is 2.67 bits per heavy atom. The molecule has 1 saturated carbocycles. The van der Waals surface area contributed by atoms with Gasteiger partial charge in [0.25, 0.3) is 0 Å². The molecular weight excluding hydrogens is 307 g/mol. The van der Waals surface area contributed by atoms with E-state index in [-0.39, 0.29) is 5.82 Å². The summed E-state index contributed by atoms with van der Waals surface area (Å²) in [5.74, 6) is 0.876. The molecule has 6 heteroatoms. The summed E-state index contributed by atoms with van der Waals surface area (Å²) >= 11 is 0. The Labute approximate surface area is 140 Å². The minimum atomic E-state index is -0.399. The minimum Gasteiger partial charge on any atom is -0.340 e. The first-order valence-electron chi connectivity index (χ1n) is 8.37. The Hall–Kier alpha value is -2.26. The highest BCUT2D eigenvalue weighted by atomic mass is 19.1. The van der Waals surface area contributed by atoms with Gasteiger partial charge in [0.05, 0.1) is 17.2 Å². The summed E-state index contributed by atoms with van der Waals surface area (Å²) in [6.07, 6.45) is 6.29. The molecule has 2 aromatic rings. The van der Waals surface area contributed by atoms with E-state index >= 15 is 0 Å². The van der Waals surface area contributed by atoms with E-state index in [9.17, 15) is 4.39 Å². The van der Waals surface area contributed by atoms with Crippen LogP contribution in [0.4, 0.5) is 4.39 Å². The van der Waals surface area contributed by atoms with Crippen molar-refractivity contribution >= 4 is 0 Å². The minimum absolute atomic E-state index is 0.311. The first-order chi connectivity index (χ1) is 11.6. The number of rotatable bonds is 4. The fourth-order valence-electron chi connectivity index (χ4n) is 3.35. The standard InChI is InChI=1S/C18H21FN4O/c1-13-22-17(23-24-13)18(8-4-2-3-5-9-18)21-12-15-10-14(11-20)6-7-16(15)19/h6-7,10,21H,2-5,8-9,12H2,1H3. The van der Waals surface area contributed by atoms with Gasteiger partial charge in [-0.05, 0) is 31.0 Å². The Morgan fingerprint density at radius 2 is 2.04 bits per heavy atom. The molecule has 1 N–H and O–H groups in total. The number of nitrogens with zero attached hydrogens (tertiary/aromatic N) is 3. The number of hydrogen-bond donors (Lipinski definition) is 1. The summed E-state index contributed by atoms with van der Waals surface area (Å²) in [5, 5.41) is 16.6. The van der Waals surface area contributed by atoms with Crippen LogP contribution in [-0.4, -0.2) is 10.1 Å². The molecule has 1 heterocycles. The monoisotopic (exact) mass is 328 g/mol. The van der Waals surface area contributed by atoms with Crippen LogP contribution in [0, 0.1) is 24.1 Å². The maximum Gasteiger partial charge on any atom is 0.223 e. The zero-order valence-electron chi connectivity index (χ0n) is 13.8. The van der Waals surface area contributed by atoms with Crippen LogP contribution >= 0.6 is 0 Å². The van der Waals surface area contributed by atoms with Crippen molar-refractivity contribution in [3.8, 4) is 6.07 Å². The van der Waals surface area contributed by atoms with Gasteiger partial charge in [0.2, 0.25) is 5.89 Å². The molecule has 0 radical (unpaired) electrons. The predicted octanol–water partition coefficient (Wildman–Crippen LogP) is 3.73. The number of aryl methyl sites for hydroxylation is 1. The van der Waals surface area contributed by atoms with Gasteiger partial charge >= 0.3 is 0 Å². The van der Waals surface area contributed by atoms with Crippen molar-refractivity contribution in [1.82, 2.24) is 15.5 Å². The van der Waals surface area contributed by atoms with Gasteiger partial charge in [-0.2, -0.15) is 10.2 Å². The van der Waals surface area contributed by atoms with Crippen LogP contribution in [0.2, 0.25) is 0 Å². The molecule has 0 spiro atoms. The van der Waals surface area contributed by atoms with Gasteiger partial charge in [-0.25, -0.2) is 4.39 Å². The van der Waals surface area contributed by atoms with Crippen LogP contribution in [0.1, 0.15) is 61.4 Å². The summed E-state index contributed by atoms with van der Waals surface area (Å²) in [6, 6.07) is 6.47. The smallest absolute Gasteiger partial charge is 0.223 e. The molecule has 1 fully saturated rings. The molecular formula is C18H21FN4O. The molecule has 126 valence electrons. The highest BCUT2D eigenvalue weighted by Crippen LogP contribution is 2.35. The first kappa shape index (κ1) is 16.6. The molecule has 0 aliphatic heterocycles. The van der Waals surface area contributed by atoms with Gasteiger partial charge in [0, 0.05) is 19.0 Å². The van der Waals surface area contributed by atoms with Gasteiger partial charge in [0.1, 0.15) is 5.82 Å². The average Bonchev–Trinajstić information content (AvgIpc) is 2.89. The number of aromatic nitrogens is 2. The average molecular weight is 328 g/mol. The Balaban J connectivity index is 1.86. The molecule has 1 aliphatic carbocycles. The lowest BCUT2D eigenvalue weighted by Gasteiger charge is -2.31. The molecule has 0 unspecified atom stereocenters. The maximum atomic E-state index is 14.1. The van der Waals surface area contributed by atoms with Crippen LogP contribution in [0.5, 0.6) is 0 Å². The molecule has 1 aliphatic rings. The van der Waals surface area contributed by atoms with Gasteiger partial charge in [-0.3, -0.25) is 0 Å². The zero-order chi connectivity index (χ0) is 17.0. The van der Waals surface area contributed by atoms with Crippen molar-refractivity contribution in [3.63, 3.8) is 0 Å². The maximum absolute atomic E-state index is 14.1. The number of hydrogen-bond acceptors (Lipinski definition) is 5. The fourth-order valence-corrected chi connectivity index (χ4v) is 3.35. The SMILES string of the molecule is Cc1nc(C2(NCc3cc(C#N)ccc3F)CCCCCC2)no1. The Morgan fingerprint density at radius 1 is 1.29 bits per heavy atom. The largest absolute Gasteiger partial charge is 0.340 e. The van der Waals surface area contributed by atoms with Gasteiger partial charge in [-0.15, -0.1) is 0 Å². The third kappa shape index (κ3) is 3.46. The second-order valence-electron chi connectivity index (χ2n) is 6.40. The van der Waals surface area contributed by atoms with Crippen molar-refractivity contribution in [2.45, 2.75) is 57.5 Å². The molecule has 0 saturated heterocycles. The van der Waals surface area contributed by atoms with Crippen molar-refractivity contribution in [3.05, 3.63) is 46.9 Å². The third-order valence-electron chi connectivity index (χ3n) is 4.70. The van der Waals surface area contributed by atoms with E-state index in [2.05, 4.69) is 21.5 Å². The van der Waals surface area contributed by atoms with E-state index in [1.165, 1.54) is 25.0 Å². The van der Waals surface area contributed by atoms with Crippen molar-refractivity contribution in [1.29, 1.82) is 5.26 Å². The Kier molecular flexibility index (Phi) is 4.91. The first-order valence-corrected chi connectivity index (χ1v) is 8.37.